The van der Waals surface area contributed by atoms with Gasteiger partial charge in [-0.05, 0) is 24.6 Å². The number of carbonyl (C=O) groups excluding carboxylic acids is 1. The molecule has 1 aromatic carbocycles. The number of likely N-dealkylation sites (tertiary alicyclic amines) is 1. The second-order valence-electron chi connectivity index (χ2n) is 4.25. The van der Waals surface area contributed by atoms with E-state index < -0.39 is 24.7 Å². The van der Waals surface area contributed by atoms with Crippen molar-refractivity contribution in [2.45, 2.75) is 12.5 Å². The maximum absolute atomic E-state index is 12.6. The second kappa shape index (κ2) is 7.01. The van der Waals surface area contributed by atoms with E-state index in [2.05, 4.69) is 5.92 Å². The summed E-state index contributed by atoms with van der Waals surface area (Å²) in [6.07, 6.45) is 4.82. The molecule has 1 amide bonds. The van der Waals surface area contributed by atoms with Crippen molar-refractivity contribution in [3.05, 3.63) is 29.6 Å². The summed E-state index contributed by atoms with van der Waals surface area (Å²) in [6, 6.07) is 3.19. The topological polar surface area (TPSA) is 40.5 Å². The molecule has 0 aliphatic carbocycles. The summed E-state index contributed by atoms with van der Waals surface area (Å²) in [5.41, 5.74) is -0.392. The maximum Gasteiger partial charge on any atom is 0.574 e. The fraction of sp³-hybridized carbons (Fsp3) is 0.308. The van der Waals surface area contributed by atoms with Gasteiger partial charge in [0.15, 0.2) is 0 Å². The zero-order valence-electron chi connectivity index (χ0n) is 10.8. The molecule has 1 heterocycles. The van der Waals surface area contributed by atoms with Crippen LogP contribution in [-0.2, 0) is 4.79 Å². The molecule has 0 saturated carbocycles. The molecule has 1 unspecified atom stereocenters. The Morgan fingerprint density at radius 1 is 1.50 bits per heavy atom. The highest BCUT2D eigenvalue weighted by Gasteiger charge is 2.26. The number of hydrogen-bond donors (Lipinski definition) is 1. The highest BCUT2D eigenvalue weighted by atomic mass is 19.2. The van der Waals surface area contributed by atoms with Crippen LogP contribution in [0.2, 0.25) is 0 Å². The SMILES string of the molecule is C#Cc1ccc(F)c(B(F)F)c1.CN1CCC(O)C1=O. The fourth-order valence-corrected chi connectivity index (χ4v) is 1.60. The molecule has 1 aromatic rings. The van der Waals surface area contributed by atoms with Crippen LogP contribution in [0.15, 0.2) is 18.2 Å². The van der Waals surface area contributed by atoms with Gasteiger partial charge in [-0.15, -0.1) is 6.42 Å². The van der Waals surface area contributed by atoms with Crippen molar-refractivity contribution in [2.24, 2.45) is 0 Å². The van der Waals surface area contributed by atoms with E-state index in [9.17, 15) is 17.8 Å². The number of hydrogen-bond acceptors (Lipinski definition) is 2. The Hall–Kier alpha value is -1.94. The molecule has 7 heteroatoms. The lowest BCUT2D eigenvalue weighted by atomic mass is 9.84. The summed E-state index contributed by atoms with van der Waals surface area (Å²) in [5.74, 6) is 1.07. The van der Waals surface area contributed by atoms with Gasteiger partial charge in [-0.3, -0.25) is 13.4 Å². The van der Waals surface area contributed by atoms with Crippen molar-refractivity contribution < 1.29 is 22.9 Å². The third kappa shape index (κ3) is 4.03. The number of aliphatic hydroxyl groups is 1. The Balaban J connectivity index is 0.000000217. The Labute approximate surface area is 115 Å². The molecule has 1 aliphatic rings. The number of benzene rings is 1. The number of nitrogens with zero attached hydrogens (tertiary/aromatic N) is 1. The summed E-state index contributed by atoms with van der Waals surface area (Å²) in [6.45, 7) is 0.694. The summed E-state index contributed by atoms with van der Waals surface area (Å²) >= 11 is 0. The molecule has 20 heavy (non-hydrogen) atoms. The molecule has 0 bridgehead atoms. The number of amides is 1. The van der Waals surface area contributed by atoms with Gasteiger partial charge < -0.3 is 10.0 Å². The van der Waals surface area contributed by atoms with E-state index in [1.807, 2.05) is 0 Å². The van der Waals surface area contributed by atoms with Crippen molar-refractivity contribution in [3.8, 4) is 12.3 Å². The smallest absolute Gasteiger partial charge is 0.383 e. The van der Waals surface area contributed by atoms with Crippen LogP contribution in [0, 0.1) is 18.2 Å². The highest BCUT2D eigenvalue weighted by Crippen LogP contribution is 2.06. The van der Waals surface area contributed by atoms with E-state index >= 15 is 0 Å². The van der Waals surface area contributed by atoms with Gasteiger partial charge in [-0.2, -0.15) is 0 Å². The predicted molar refractivity (Wildman–Crippen MR) is 70.2 cm³/mol. The maximum atomic E-state index is 12.6. The first-order chi connectivity index (χ1) is 9.36. The van der Waals surface area contributed by atoms with Crippen molar-refractivity contribution in [3.63, 3.8) is 0 Å². The summed E-state index contributed by atoms with van der Waals surface area (Å²) in [5, 5.41) is 8.78. The largest absolute Gasteiger partial charge is 0.574 e. The van der Waals surface area contributed by atoms with Crippen LogP contribution in [0.1, 0.15) is 12.0 Å². The normalized spacial score (nSPS) is 17.3. The zero-order valence-corrected chi connectivity index (χ0v) is 10.8. The van der Waals surface area contributed by atoms with Crippen LogP contribution >= 0.6 is 0 Å². The van der Waals surface area contributed by atoms with E-state index in [1.165, 1.54) is 11.0 Å². The lowest BCUT2D eigenvalue weighted by molar-refractivity contribution is -0.133. The third-order valence-corrected chi connectivity index (χ3v) is 2.80. The molecule has 0 spiro atoms. The molecule has 3 nitrogen and oxygen atoms in total. The third-order valence-electron chi connectivity index (χ3n) is 2.80. The first-order valence-corrected chi connectivity index (χ1v) is 5.84. The number of terminal acetylenes is 1. The minimum Gasteiger partial charge on any atom is -0.383 e. The Morgan fingerprint density at radius 3 is 2.50 bits per heavy atom. The van der Waals surface area contributed by atoms with Gasteiger partial charge in [0.25, 0.3) is 5.91 Å². The molecule has 0 radical (unpaired) electrons. The van der Waals surface area contributed by atoms with Crippen LogP contribution in [0.5, 0.6) is 0 Å². The minimum atomic E-state index is -2.82. The van der Waals surface area contributed by atoms with E-state index in [0.29, 0.717) is 13.0 Å². The summed E-state index contributed by atoms with van der Waals surface area (Å²) in [4.78, 5) is 12.1. The minimum absolute atomic E-state index is 0.148. The number of halogens is 3. The lowest BCUT2D eigenvalue weighted by Crippen LogP contribution is -2.24. The summed E-state index contributed by atoms with van der Waals surface area (Å²) in [7, 11) is -1.13. The summed E-state index contributed by atoms with van der Waals surface area (Å²) < 4.78 is 36.7. The first kappa shape index (κ1) is 16.1. The standard InChI is InChI=1S/C8H4BF3.C5H9NO2/c1-2-6-3-4-8(10)7(5-6)9(11)12;1-6-3-2-4(7)5(6)8/h1,3-5H;4,7H,2-3H2,1H3. The fourth-order valence-electron chi connectivity index (χ4n) is 1.60. The van der Waals surface area contributed by atoms with E-state index in [-0.39, 0.29) is 11.5 Å². The van der Waals surface area contributed by atoms with Crippen LogP contribution in [-0.4, -0.2) is 42.9 Å². The highest BCUT2D eigenvalue weighted by molar-refractivity contribution is 6.60. The van der Waals surface area contributed by atoms with Crippen molar-refractivity contribution in [1.29, 1.82) is 0 Å². The van der Waals surface area contributed by atoms with E-state index in [1.54, 1.807) is 7.05 Å². The number of aliphatic hydroxyl groups excluding tert-OH is 1. The average Bonchev–Trinajstić information content (AvgIpc) is 2.71. The van der Waals surface area contributed by atoms with E-state index in [4.69, 9.17) is 11.5 Å². The van der Waals surface area contributed by atoms with Gasteiger partial charge in [0.2, 0.25) is 0 Å². The number of likely N-dealkylation sites (N-methyl/N-ethyl adjacent to an activating group) is 1. The lowest BCUT2D eigenvalue weighted by Gasteiger charge is -2.04. The Kier molecular flexibility index (Phi) is 5.65. The zero-order chi connectivity index (χ0) is 15.3. The van der Waals surface area contributed by atoms with Crippen molar-refractivity contribution >= 4 is 18.6 Å². The van der Waals surface area contributed by atoms with Crippen LogP contribution in [0.3, 0.4) is 0 Å². The first-order valence-electron chi connectivity index (χ1n) is 5.84. The van der Waals surface area contributed by atoms with Crippen LogP contribution < -0.4 is 5.46 Å². The average molecular weight is 283 g/mol. The van der Waals surface area contributed by atoms with Crippen molar-refractivity contribution in [2.75, 3.05) is 13.6 Å². The van der Waals surface area contributed by atoms with E-state index in [0.717, 1.165) is 12.1 Å². The molecule has 0 aromatic heterocycles. The monoisotopic (exact) mass is 283 g/mol. The molecule has 2 rings (SSSR count). The number of rotatable bonds is 1. The molecule has 1 fully saturated rings. The van der Waals surface area contributed by atoms with Gasteiger partial charge in [-0.25, -0.2) is 4.39 Å². The Morgan fingerprint density at radius 2 is 2.15 bits per heavy atom. The van der Waals surface area contributed by atoms with Crippen LogP contribution in [0.25, 0.3) is 0 Å². The second-order valence-corrected chi connectivity index (χ2v) is 4.25. The van der Waals surface area contributed by atoms with Crippen molar-refractivity contribution in [1.82, 2.24) is 4.90 Å². The molecule has 1 aliphatic heterocycles. The van der Waals surface area contributed by atoms with Gasteiger partial charge >= 0.3 is 7.27 Å². The molecular weight excluding hydrogens is 270 g/mol. The molecule has 106 valence electrons. The van der Waals surface area contributed by atoms with Gasteiger partial charge in [0.05, 0.1) is 0 Å². The van der Waals surface area contributed by atoms with Gasteiger partial charge in [0, 0.05) is 24.6 Å². The molecular formula is C13H13BF3NO2. The molecule has 1 atom stereocenters. The molecule has 1 N–H and O–H groups in total. The molecule has 1 saturated heterocycles. The Bertz CT molecular complexity index is 519. The van der Waals surface area contributed by atoms with Gasteiger partial charge in [0.1, 0.15) is 11.9 Å². The quantitative estimate of drug-likeness (QED) is 0.607. The van der Waals surface area contributed by atoms with Crippen LogP contribution in [0.4, 0.5) is 13.0 Å². The predicted octanol–water partition coefficient (Wildman–Crippen LogP) is 0.651. The number of carbonyl (C=O) groups is 1. The van der Waals surface area contributed by atoms with Gasteiger partial charge in [-0.1, -0.05) is 5.92 Å².